The van der Waals surface area contributed by atoms with Crippen LogP contribution < -0.4 is 0 Å². The van der Waals surface area contributed by atoms with Gasteiger partial charge in [0.2, 0.25) is 0 Å². The first kappa shape index (κ1) is 11.1. The van der Waals surface area contributed by atoms with Crippen molar-refractivity contribution in [2.75, 3.05) is 0 Å². The zero-order chi connectivity index (χ0) is 12.3. The zero-order valence-corrected chi connectivity index (χ0v) is 8.63. The summed E-state index contributed by atoms with van der Waals surface area (Å²) >= 11 is 0. The molecule has 0 amide bonds. The fraction of sp³-hybridized carbons (Fsp3) is 0. The summed E-state index contributed by atoms with van der Waals surface area (Å²) in [6, 6.07) is 7.18. The summed E-state index contributed by atoms with van der Waals surface area (Å²) in [4.78, 5) is 10.5. The Bertz CT molecular complexity index is 557. The molecule has 0 atom stereocenters. The molecule has 0 bridgehead atoms. The molecule has 1 aromatic heterocycles. The van der Waals surface area contributed by atoms with Crippen molar-refractivity contribution in [1.29, 1.82) is 0 Å². The lowest BCUT2D eigenvalue weighted by Crippen LogP contribution is -1.94. The SMILES string of the molecule is O=C(O)c1cc(/C=C/c2ccc(F)cc2)on1. The average molecular weight is 233 g/mol. The highest BCUT2D eigenvalue weighted by Crippen LogP contribution is 2.10. The highest BCUT2D eigenvalue weighted by atomic mass is 19.1. The molecule has 0 unspecified atom stereocenters. The molecule has 0 aliphatic heterocycles. The van der Waals surface area contributed by atoms with E-state index in [1.165, 1.54) is 18.2 Å². The molecule has 0 saturated heterocycles. The van der Waals surface area contributed by atoms with Crippen LogP contribution in [0.4, 0.5) is 4.39 Å². The molecule has 5 heteroatoms. The maximum absolute atomic E-state index is 12.6. The second-order valence-electron chi connectivity index (χ2n) is 3.30. The van der Waals surface area contributed by atoms with Crippen LogP contribution in [0.5, 0.6) is 0 Å². The van der Waals surface area contributed by atoms with Crippen molar-refractivity contribution in [1.82, 2.24) is 5.16 Å². The second-order valence-corrected chi connectivity index (χ2v) is 3.30. The quantitative estimate of drug-likeness (QED) is 0.885. The smallest absolute Gasteiger partial charge is 0.358 e. The van der Waals surface area contributed by atoms with Crippen LogP contribution in [0, 0.1) is 5.82 Å². The molecule has 17 heavy (non-hydrogen) atoms. The van der Waals surface area contributed by atoms with E-state index in [0.717, 1.165) is 5.56 Å². The Kier molecular flexibility index (Phi) is 3.00. The first-order valence-electron chi connectivity index (χ1n) is 4.79. The number of carbonyl (C=O) groups is 1. The fourth-order valence-corrected chi connectivity index (χ4v) is 1.22. The predicted molar refractivity (Wildman–Crippen MR) is 58.8 cm³/mol. The van der Waals surface area contributed by atoms with Gasteiger partial charge in [0.15, 0.2) is 11.5 Å². The maximum atomic E-state index is 12.6. The molecule has 2 rings (SSSR count). The number of carboxylic acid groups (broad SMARTS) is 1. The summed E-state index contributed by atoms with van der Waals surface area (Å²) in [5, 5.41) is 12.0. The van der Waals surface area contributed by atoms with E-state index >= 15 is 0 Å². The van der Waals surface area contributed by atoms with Crippen molar-refractivity contribution in [3.05, 3.63) is 53.2 Å². The number of aromatic carboxylic acids is 1. The first-order valence-corrected chi connectivity index (χ1v) is 4.79. The molecule has 86 valence electrons. The van der Waals surface area contributed by atoms with Gasteiger partial charge in [-0.15, -0.1) is 0 Å². The van der Waals surface area contributed by atoms with Crippen molar-refractivity contribution in [3.63, 3.8) is 0 Å². The predicted octanol–water partition coefficient (Wildman–Crippen LogP) is 2.68. The zero-order valence-electron chi connectivity index (χ0n) is 8.63. The second kappa shape index (κ2) is 4.61. The van der Waals surface area contributed by atoms with Crippen molar-refractivity contribution in [3.8, 4) is 0 Å². The van der Waals surface area contributed by atoms with Crippen molar-refractivity contribution in [2.24, 2.45) is 0 Å². The molecule has 0 aliphatic carbocycles. The van der Waals surface area contributed by atoms with Crippen LogP contribution >= 0.6 is 0 Å². The first-order chi connectivity index (χ1) is 8.15. The summed E-state index contributed by atoms with van der Waals surface area (Å²) in [6.45, 7) is 0. The van der Waals surface area contributed by atoms with Crippen LogP contribution in [-0.4, -0.2) is 16.2 Å². The minimum atomic E-state index is -1.14. The number of benzene rings is 1. The Hall–Kier alpha value is -2.43. The molecule has 1 heterocycles. The minimum Gasteiger partial charge on any atom is -0.476 e. The number of carboxylic acids is 1. The van der Waals surface area contributed by atoms with E-state index in [4.69, 9.17) is 9.63 Å². The molecule has 0 radical (unpaired) electrons. The van der Waals surface area contributed by atoms with E-state index in [1.54, 1.807) is 24.3 Å². The third kappa shape index (κ3) is 2.78. The summed E-state index contributed by atoms with van der Waals surface area (Å²) in [5.41, 5.74) is 0.628. The van der Waals surface area contributed by atoms with E-state index in [0.29, 0.717) is 5.76 Å². The van der Waals surface area contributed by atoms with Gasteiger partial charge in [-0.3, -0.25) is 0 Å². The van der Waals surface area contributed by atoms with Gasteiger partial charge in [-0.1, -0.05) is 23.4 Å². The van der Waals surface area contributed by atoms with Gasteiger partial charge < -0.3 is 9.63 Å². The molecular weight excluding hydrogens is 225 g/mol. The van der Waals surface area contributed by atoms with Gasteiger partial charge in [0, 0.05) is 6.07 Å². The van der Waals surface area contributed by atoms with Crippen LogP contribution in [0.15, 0.2) is 34.9 Å². The summed E-state index contributed by atoms with van der Waals surface area (Å²) in [6.07, 6.45) is 3.23. The Morgan fingerprint density at radius 2 is 2.00 bits per heavy atom. The molecule has 4 nitrogen and oxygen atoms in total. The Morgan fingerprint density at radius 3 is 2.59 bits per heavy atom. The normalized spacial score (nSPS) is 10.9. The van der Waals surface area contributed by atoms with Crippen LogP contribution in [0.1, 0.15) is 21.8 Å². The topological polar surface area (TPSA) is 63.3 Å². The number of halogens is 1. The van der Waals surface area contributed by atoms with Gasteiger partial charge >= 0.3 is 5.97 Å². The van der Waals surface area contributed by atoms with Gasteiger partial charge in [-0.25, -0.2) is 9.18 Å². The van der Waals surface area contributed by atoms with Crippen molar-refractivity contribution < 1.29 is 18.8 Å². The molecule has 0 fully saturated rings. The van der Waals surface area contributed by atoms with Crippen LogP contribution in [-0.2, 0) is 0 Å². The number of aromatic nitrogens is 1. The molecule has 0 aliphatic rings. The number of hydrogen-bond acceptors (Lipinski definition) is 3. The van der Waals surface area contributed by atoms with Gasteiger partial charge in [0.25, 0.3) is 0 Å². The Labute approximate surface area is 96.0 Å². The standard InChI is InChI=1S/C12H8FNO3/c13-9-4-1-8(2-5-9)3-6-10-7-11(12(15)16)14-17-10/h1-7H,(H,15,16)/b6-3+. The maximum Gasteiger partial charge on any atom is 0.358 e. The highest BCUT2D eigenvalue weighted by Gasteiger charge is 2.08. The monoisotopic (exact) mass is 233 g/mol. The van der Waals surface area contributed by atoms with Crippen LogP contribution in [0.3, 0.4) is 0 Å². The third-order valence-corrected chi connectivity index (χ3v) is 2.06. The van der Waals surface area contributed by atoms with Crippen LogP contribution in [0.2, 0.25) is 0 Å². The van der Waals surface area contributed by atoms with Crippen molar-refractivity contribution in [2.45, 2.75) is 0 Å². The molecule has 0 spiro atoms. The van der Waals surface area contributed by atoms with E-state index in [2.05, 4.69) is 5.16 Å². The number of hydrogen-bond donors (Lipinski definition) is 1. The van der Waals surface area contributed by atoms with Crippen molar-refractivity contribution >= 4 is 18.1 Å². The van der Waals surface area contributed by atoms with Gasteiger partial charge in [0.05, 0.1) is 0 Å². The number of nitrogens with zero attached hydrogens (tertiary/aromatic N) is 1. The summed E-state index contributed by atoms with van der Waals surface area (Å²) < 4.78 is 17.4. The number of rotatable bonds is 3. The Morgan fingerprint density at radius 1 is 1.29 bits per heavy atom. The third-order valence-electron chi connectivity index (χ3n) is 2.06. The fourth-order valence-electron chi connectivity index (χ4n) is 1.22. The van der Waals surface area contributed by atoms with Gasteiger partial charge in [0.1, 0.15) is 5.82 Å². The van der Waals surface area contributed by atoms with Gasteiger partial charge in [-0.05, 0) is 23.8 Å². The van der Waals surface area contributed by atoms with Crippen LogP contribution in [0.25, 0.3) is 12.2 Å². The average Bonchev–Trinajstić information content (AvgIpc) is 2.77. The Balaban J connectivity index is 2.14. The molecule has 1 aromatic carbocycles. The molecule has 1 N–H and O–H groups in total. The van der Waals surface area contributed by atoms with Gasteiger partial charge in [-0.2, -0.15) is 0 Å². The lowest BCUT2D eigenvalue weighted by atomic mass is 10.2. The summed E-state index contributed by atoms with van der Waals surface area (Å²) in [5.74, 6) is -1.13. The molecule has 0 saturated carbocycles. The van der Waals surface area contributed by atoms with E-state index < -0.39 is 5.97 Å². The van der Waals surface area contributed by atoms with E-state index in [9.17, 15) is 9.18 Å². The largest absolute Gasteiger partial charge is 0.476 e. The minimum absolute atomic E-state index is 0.149. The molecular formula is C12H8FNO3. The van der Waals surface area contributed by atoms with E-state index in [-0.39, 0.29) is 11.5 Å². The molecule has 2 aromatic rings. The lowest BCUT2D eigenvalue weighted by molar-refractivity contribution is 0.0685. The van der Waals surface area contributed by atoms with E-state index in [1.807, 2.05) is 0 Å². The summed E-state index contributed by atoms with van der Waals surface area (Å²) in [7, 11) is 0. The lowest BCUT2D eigenvalue weighted by Gasteiger charge is -1.91. The highest BCUT2D eigenvalue weighted by molar-refractivity contribution is 5.86.